The summed E-state index contributed by atoms with van der Waals surface area (Å²) in [5.41, 5.74) is 5.05. The third-order valence-corrected chi connectivity index (χ3v) is 5.16. The first-order valence-electron chi connectivity index (χ1n) is 9.70. The summed E-state index contributed by atoms with van der Waals surface area (Å²) in [4.78, 5) is 17.6. The Morgan fingerprint density at radius 3 is 2.31 bits per heavy atom. The SMILES string of the molecule is CCCc1nn(-c2ccc(C)cc2)c(CC)c1C(=O)N1CCN(C)CC1. The van der Waals surface area contributed by atoms with Crippen molar-refractivity contribution in [3.8, 4) is 5.69 Å². The van der Waals surface area contributed by atoms with Gasteiger partial charge in [0.25, 0.3) is 5.91 Å². The van der Waals surface area contributed by atoms with Crippen LogP contribution in [0.25, 0.3) is 5.69 Å². The number of rotatable bonds is 5. The Balaban J connectivity index is 2.02. The van der Waals surface area contributed by atoms with E-state index in [4.69, 9.17) is 5.10 Å². The minimum Gasteiger partial charge on any atom is -0.336 e. The van der Waals surface area contributed by atoms with Gasteiger partial charge in [0.1, 0.15) is 0 Å². The Morgan fingerprint density at radius 2 is 1.73 bits per heavy atom. The summed E-state index contributed by atoms with van der Waals surface area (Å²) in [6, 6.07) is 8.36. The lowest BCUT2D eigenvalue weighted by Crippen LogP contribution is -2.47. The standard InChI is InChI=1S/C21H30N4O/c1-5-7-18-20(21(26)24-14-12-23(4)13-15-24)19(6-2)25(22-18)17-10-8-16(3)9-11-17/h8-11H,5-7,12-15H2,1-4H3. The van der Waals surface area contributed by atoms with E-state index in [1.165, 1.54) is 5.56 Å². The van der Waals surface area contributed by atoms with E-state index in [2.05, 4.69) is 57.0 Å². The van der Waals surface area contributed by atoms with E-state index >= 15 is 0 Å². The first kappa shape index (κ1) is 18.6. The van der Waals surface area contributed by atoms with Gasteiger partial charge in [0.15, 0.2) is 0 Å². The topological polar surface area (TPSA) is 41.4 Å². The monoisotopic (exact) mass is 354 g/mol. The van der Waals surface area contributed by atoms with Crippen molar-refractivity contribution in [3.05, 3.63) is 46.8 Å². The fraction of sp³-hybridized carbons (Fsp3) is 0.524. The Kier molecular flexibility index (Phi) is 5.77. The number of aryl methyl sites for hydroxylation is 2. The number of aromatic nitrogens is 2. The van der Waals surface area contributed by atoms with Gasteiger partial charge in [-0.15, -0.1) is 0 Å². The first-order valence-corrected chi connectivity index (χ1v) is 9.70. The molecular formula is C21H30N4O. The minimum absolute atomic E-state index is 0.150. The summed E-state index contributed by atoms with van der Waals surface area (Å²) in [6.45, 7) is 9.78. The van der Waals surface area contributed by atoms with Crippen molar-refractivity contribution in [1.82, 2.24) is 19.6 Å². The van der Waals surface area contributed by atoms with Crippen molar-refractivity contribution >= 4 is 5.91 Å². The number of nitrogens with zero attached hydrogens (tertiary/aromatic N) is 4. The highest BCUT2D eigenvalue weighted by molar-refractivity contribution is 5.97. The molecule has 1 aliphatic rings. The average molecular weight is 354 g/mol. The lowest BCUT2D eigenvalue weighted by molar-refractivity contribution is 0.0662. The molecule has 3 rings (SSSR count). The molecule has 0 N–H and O–H groups in total. The van der Waals surface area contributed by atoms with Crippen LogP contribution in [0.2, 0.25) is 0 Å². The highest BCUT2D eigenvalue weighted by Gasteiger charge is 2.28. The van der Waals surface area contributed by atoms with Gasteiger partial charge in [-0.3, -0.25) is 4.79 Å². The van der Waals surface area contributed by atoms with Crippen LogP contribution in [-0.2, 0) is 12.8 Å². The van der Waals surface area contributed by atoms with Crippen molar-refractivity contribution < 1.29 is 4.79 Å². The molecule has 140 valence electrons. The van der Waals surface area contributed by atoms with E-state index in [9.17, 15) is 4.79 Å². The van der Waals surface area contributed by atoms with Crippen molar-refractivity contribution in [3.63, 3.8) is 0 Å². The van der Waals surface area contributed by atoms with Crippen LogP contribution in [0.1, 0.15) is 47.6 Å². The Morgan fingerprint density at radius 1 is 1.08 bits per heavy atom. The molecule has 1 aromatic heterocycles. The zero-order chi connectivity index (χ0) is 18.7. The second kappa shape index (κ2) is 8.04. The summed E-state index contributed by atoms with van der Waals surface area (Å²) in [5.74, 6) is 0.150. The van der Waals surface area contributed by atoms with Crippen molar-refractivity contribution in [1.29, 1.82) is 0 Å². The first-order chi connectivity index (χ1) is 12.5. The molecule has 1 amide bonds. The number of carbonyl (C=O) groups is 1. The van der Waals surface area contributed by atoms with Gasteiger partial charge < -0.3 is 9.80 Å². The van der Waals surface area contributed by atoms with Crippen LogP contribution < -0.4 is 0 Å². The van der Waals surface area contributed by atoms with Crippen LogP contribution >= 0.6 is 0 Å². The van der Waals surface area contributed by atoms with E-state index < -0.39 is 0 Å². The van der Waals surface area contributed by atoms with E-state index in [1.54, 1.807) is 0 Å². The molecule has 5 nitrogen and oxygen atoms in total. The van der Waals surface area contributed by atoms with Crippen LogP contribution in [0.15, 0.2) is 24.3 Å². The maximum Gasteiger partial charge on any atom is 0.257 e. The molecule has 1 saturated heterocycles. The summed E-state index contributed by atoms with van der Waals surface area (Å²) >= 11 is 0. The van der Waals surface area contributed by atoms with Crippen LogP contribution in [0.5, 0.6) is 0 Å². The molecule has 2 aromatic rings. The summed E-state index contributed by atoms with van der Waals surface area (Å²) in [6.07, 6.45) is 2.61. The van der Waals surface area contributed by atoms with Gasteiger partial charge in [0, 0.05) is 26.2 Å². The lowest BCUT2D eigenvalue weighted by Gasteiger charge is -2.32. The summed E-state index contributed by atoms with van der Waals surface area (Å²) in [5, 5.41) is 4.86. The quantitative estimate of drug-likeness (QED) is 0.829. The number of benzene rings is 1. The summed E-state index contributed by atoms with van der Waals surface area (Å²) in [7, 11) is 2.11. The molecular weight excluding hydrogens is 324 g/mol. The predicted octanol–water partition coefficient (Wildman–Crippen LogP) is 3.08. The Bertz CT molecular complexity index is 755. The zero-order valence-electron chi connectivity index (χ0n) is 16.5. The number of amides is 1. The summed E-state index contributed by atoms with van der Waals surface area (Å²) < 4.78 is 1.98. The van der Waals surface area contributed by atoms with E-state index in [0.717, 1.165) is 68.1 Å². The Labute approximate surface area is 156 Å². The van der Waals surface area contributed by atoms with Gasteiger partial charge in [-0.1, -0.05) is 38.0 Å². The van der Waals surface area contributed by atoms with Crippen molar-refractivity contribution in [2.75, 3.05) is 33.2 Å². The van der Waals surface area contributed by atoms with Gasteiger partial charge >= 0.3 is 0 Å². The normalized spacial score (nSPS) is 15.5. The Hall–Kier alpha value is -2.14. The molecule has 0 atom stereocenters. The van der Waals surface area contributed by atoms with E-state index in [0.29, 0.717) is 0 Å². The van der Waals surface area contributed by atoms with Gasteiger partial charge in [0.2, 0.25) is 0 Å². The molecule has 0 aliphatic carbocycles. The molecule has 0 spiro atoms. The number of hydrogen-bond acceptors (Lipinski definition) is 3. The molecule has 1 aliphatic heterocycles. The smallest absolute Gasteiger partial charge is 0.257 e. The number of hydrogen-bond donors (Lipinski definition) is 0. The molecule has 0 saturated carbocycles. The molecule has 5 heteroatoms. The van der Waals surface area contributed by atoms with Crippen LogP contribution in [0.3, 0.4) is 0 Å². The molecule has 0 radical (unpaired) electrons. The van der Waals surface area contributed by atoms with Gasteiger partial charge in [0.05, 0.1) is 22.6 Å². The van der Waals surface area contributed by atoms with Crippen molar-refractivity contribution in [2.45, 2.75) is 40.0 Å². The number of piperazine rings is 1. The van der Waals surface area contributed by atoms with Gasteiger partial charge in [-0.2, -0.15) is 5.10 Å². The van der Waals surface area contributed by atoms with Crippen LogP contribution in [0.4, 0.5) is 0 Å². The van der Waals surface area contributed by atoms with Gasteiger partial charge in [-0.25, -0.2) is 4.68 Å². The second-order valence-electron chi connectivity index (χ2n) is 7.21. The van der Waals surface area contributed by atoms with Gasteiger partial charge in [-0.05, 0) is 38.9 Å². The zero-order valence-corrected chi connectivity index (χ0v) is 16.5. The predicted molar refractivity (Wildman–Crippen MR) is 105 cm³/mol. The molecule has 1 fully saturated rings. The number of likely N-dealkylation sites (N-methyl/N-ethyl adjacent to an activating group) is 1. The lowest BCUT2D eigenvalue weighted by atomic mass is 10.1. The minimum atomic E-state index is 0.150. The fourth-order valence-electron chi connectivity index (χ4n) is 3.56. The van der Waals surface area contributed by atoms with Crippen LogP contribution in [0, 0.1) is 6.92 Å². The van der Waals surface area contributed by atoms with Crippen LogP contribution in [-0.4, -0.2) is 58.7 Å². The fourth-order valence-corrected chi connectivity index (χ4v) is 3.56. The maximum atomic E-state index is 13.3. The largest absolute Gasteiger partial charge is 0.336 e. The maximum absolute atomic E-state index is 13.3. The number of carbonyl (C=O) groups excluding carboxylic acids is 1. The van der Waals surface area contributed by atoms with E-state index in [-0.39, 0.29) is 5.91 Å². The molecule has 0 bridgehead atoms. The average Bonchev–Trinajstić information content (AvgIpc) is 3.01. The van der Waals surface area contributed by atoms with E-state index in [1.807, 2.05) is 9.58 Å². The molecule has 0 unspecified atom stereocenters. The van der Waals surface area contributed by atoms with Crippen molar-refractivity contribution in [2.24, 2.45) is 0 Å². The second-order valence-corrected chi connectivity index (χ2v) is 7.21. The molecule has 1 aromatic carbocycles. The highest BCUT2D eigenvalue weighted by atomic mass is 16.2. The highest BCUT2D eigenvalue weighted by Crippen LogP contribution is 2.23. The third kappa shape index (κ3) is 3.68. The third-order valence-electron chi connectivity index (χ3n) is 5.16. The molecule has 26 heavy (non-hydrogen) atoms. The molecule has 2 heterocycles.